The fourth-order valence-corrected chi connectivity index (χ4v) is 3.23. The van der Waals surface area contributed by atoms with Crippen molar-refractivity contribution in [2.75, 3.05) is 7.11 Å². The first kappa shape index (κ1) is 15.0. The van der Waals surface area contributed by atoms with Gasteiger partial charge in [0.1, 0.15) is 11.5 Å². The number of aromatic nitrogens is 1. The number of benzene rings is 1. The van der Waals surface area contributed by atoms with Crippen LogP contribution in [0.4, 0.5) is 0 Å². The van der Waals surface area contributed by atoms with E-state index in [0.717, 1.165) is 0 Å². The highest BCUT2D eigenvalue weighted by Gasteiger charge is 2.16. The van der Waals surface area contributed by atoms with Gasteiger partial charge in [0.15, 0.2) is 0 Å². The average molecular weight is 361 g/mol. The molecule has 0 saturated carbocycles. The standard InChI is InChI=1S/C12H13BrN2O4S/c1-8-6-14-12(19-8)7-15-20(16,17)9-3-4-11(18-2)10(13)5-9/h3-6,15H,7H2,1-2H3. The molecule has 6 nitrogen and oxygen atoms in total. The average Bonchev–Trinajstić information content (AvgIpc) is 2.82. The summed E-state index contributed by atoms with van der Waals surface area (Å²) in [6.07, 6.45) is 1.54. The first-order chi connectivity index (χ1) is 9.42. The number of sulfonamides is 1. The maximum atomic E-state index is 12.1. The largest absolute Gasteiger partial charge is 0.496 e. The molecule has 0 radical (unpaired) electrons. The molecule has 0 aliphatic carbocycles. The molecule has 0 aliphatic rings. The van der Waals surface area contributed by atoms with Gasteiger partial charge in [0, 0.05) is 0 Å². The van der Waals surface area contributed by atoms with Gasteiger partial charge >= 0.3 is 0 Å². The summed E-state index contributed by atoms with van der Waals surface area (Å²) in [5.74, 6) is 1.51. The van der Waals surface area contributed by atoms with Gasteiger partial charge in [-0.15, -0.1) is 0 Å². The fraction of sp³-hybridized carbons (Fsp3) is 0.250. The van der Waals surface area contributed by atoms with Gasteiger partial charge in [0.05, 0.1) is 29.2 Å². The van der Waals surface area contributed by atoms with Gasteiger partial charge in [-0.25, -0.2) is 18.1 Å². The third-order valence-corrected chi connectivity index (χ3v) is 4.53. The molecule has 8 heteroatoms. The van der Waals surface area contributed by atoms with Crippen molar-refractivity contribution in [3.63, 3.8) is 0 Å². The molecule has 0 fully saturated rings. The summed E-state index contributed by atoms with van der Waals surface area (Å²) >= 11 is 3.25. The van der Waals surface area contributed by atoms with E-state index in [4.69, 9.17) is 9.15 Å². The minimum atomic E-state index is -3.63. The maximum absolute atomic E-state index is 12.1. The molecule has 0 aliphatic heterocycles. The lowest BCUT2D eigenvalue weighted by molar-refractivity contribution is 0.411. The second-order valence-electron chi connectivity index (χ2n) is 3.99. The topological polar surface area (TPSA) is 81.4 Å². The Labute approximate surface area is 125 Å². The molecule has 20 heavy (non-hydrogen) atoms. The Morgan fingerprint density at radius 3 is 2.75 bits per heavy atom. The van der Waals surface area contributed by atoms with E-state index >= 15 is 0 Å². The number of aryl methyl sites for hydroxylation is 1. The summed E-state index contributed by atoms with van der Waals surface area (Å²) in [6, 6.07) is 4.52. The third-order valence-electron chi connectivity index (χ3n) is 2.52. The van der Waals surface area contributed by atoms with Crippen LogP contribution in [0.15, 0.2) is 38.2 Å². The van der Waals surface area contributed by atoms with Crippen molar-refractivity contribution in [3.05, 3.63) is 40.5 Å². The quantitative estimate of drug-likeness (QED) is 0.883. The Morgan fingerprint density at radius 2 is 2.20 bits per heavy atom. The Morgan fingerprint density at radius 1 is 1.45 bits per heavy atom. The molecule has 1 aromatic heterocycles. The molecular weight excluding hydrogens is 348 g/mol. The fourth-order valence-electron chi connectivity index (χ4n) is 1.54. The molecule has 0 unspecified atom stereocenters. The Kier molecular flexibility index (Phi) is 4.46. The summed E-state index contributed by atoms with van der Waals surface area (Å²) in [5.41, 5.74) is 0. The smallest absolute Gasteiger partial charge is 0.241 e. The Hall–Kier alpha value is -1.38. The molecule has 2 rings (SSSR count). The second kappa shape index (κ2) is 5.94. The van der Waals surface area contributed by atoms with Gasteiger partial charge in [-0.05, 0) is 41.1 Å². The molecule has 1 N–H and O–H groups in total. The maximum Gasteiger partial charge on any atom is 0.241 e. The summed E-state index contributed by atoms with van der Waals surface area (Å²) < 4.78 is 37.5. The van der Waals surface area contributed by atoms with E-state index in [1.807, 2.05) is 0 Å². The van der Waals surface area contributed by atoms with Crippen molar-refractivity contribution >= 4 is 26.0 Å². The van der Waals surface area contributed by atoms with Gasteiger partial charge in [-0.3, -0.25) is 0 Å². The SMILES string of the molecule is COc1ccc(S(=O)(=O)NCc2ncc(C)o2)cc1Br. The molecule has 0 spiro atoms. The number of nitrogens with one attached hydrogen (secondary N) is 1. The number of oxazole rings is 1. The van der Waals surface area contributed by atoms with Gasteiger partial charge in [-0.1, -0.05) is 0 Å². The van der Waals surface area contributed by atoms with E-state index in [9.17, 15) is 8.42 Å². The summed E-state index contributed by atoms with van der Waals surface area (Å²) in [5, 5.41) is 0. The van der Waals surface area contributed by atoms with Crippen LogP contribution in [0.25, 0.3) is 0 Å². The van der Waals surface area contributed by atoms with Crippen molar-refractivity contribution in [1.29, 1.82) is 0 Å². The van der Waals surface area contributed by atoms with Crippen LogP contribution < -0.4 is 9.46 Å². The zero-order chi connectivity index (χ0) is 14.8. The Bertz CT molecular complexity index is 712. The van der Waals surface area contributed by atoms with Crippen molar-refractivity contribution in [2.24, 2.45) is 0 Å². The lowest BCUT2D eigenvalue weighted by Crippen LogP contribution is -2.23. The summed E-state index contributed by atoms with van der Waals surface area (Å²) in [7, 11) is -2.12. The monoisotopic (exact) mass is 360 g/mol. The van der Waals surface area contributed by atoms with Crippen molar-refractivity contribution in [3.8, 4) is 5.75 Å². The van der Waals surface area contributed by atoms with Crippen LogP contribution >= 0.6 is 15.9 Å². The van der Waals surface area contributed by atoms with E-state index in [1.165, 1.54) is 25.4 Å². The van der Waals surface area contributed by atoms with Crippen LogP contribution in [0, 0.1) is 6.92 Å². The zero-order valence-electron chi connectivity index (χ0n) is 10.9. The van der Waals surface area contributed by atoms with Gasteiger partial charge in [0.25, 0.3) is 0 Å². The van der Waals surface area contributed by atoms with Crippen LogP contribution in [-0.4, -0.2) is 20.5 Å². The van der Waals surface area contributed by atoms with E-state index in [-0.39, 0.29) is 11.4 Å². The highest BCUT2D eigenvalue weighted by molar-refractivity contribution is 9.10. The molecule has 0 amide bonds. The highest BCUT2D eigenvalue weighted by atomic mass is 79.9. The number of halogens is 1. The molecule has 0 atom stereocenters. The molecule has 1 heterocycles. The van der Waals surface area contributed by atoms with Crippen molar-refractivity contribution in [1.82, 2.24) is 9.71 Å². The van der Waals surface area contributed by atoms with E-state index in [1.54, 1.807) is 13.0 Å². The highest BCUT2D eigenvalue weighted by Crippen LogP contribution is 2.27. The van der Waals surface area contributed by atoms with Crippen LogP contribution in [0.1, 0.15) is 11.7 Å². The first-order valence-electron chi connectivity index (χ1n) is 5.67. The number of nitrogens with zero attached hydrogens (tertiary/aromatic N) is 1. The molecule has 0 bridgehead atoms. The molecule has 1 aromatic carbocycles. The number of hydrogen-bond acceptors (Lipinski definition) is 5. The van der Waals surface area contributed by atoms with E-state index in [2.05, 4.69) is 25.6 Å². The van der Waals surface area contributed by atoms with E-state index in [0.29, 0.717) is 21.9 Å². The lowest BCUT2D eigenvalue weighted by Gasteiger charge is -2.08. The van der Waals surface area contributed by atoms with Crippen molar-refractivity contribution < 1.29 is 17.6 Å². The van der Waals surface area contributed by atoms with Gasteiger partial charge < -0.3 is 9.15 Å². The van der Waals surface area contributed by atoms with E-state index < -0.39 is 10.0 Å². The predicted octanol–water partition coefficient (Wildman–Crippen LogP) is 2.23. The van der Waals surface area contributed by atoms with Crippen LogP contribution in [-0.2, 0) is 16.6 Å². The number of hydrogen-bond donors (Lipinski definition) is 1. The van der Waals surface area contributed by atoms with Gasteiger partial charge in [0.2, 0.25) is 15.9 Å². The summed E-state index contributed by atoms with van der Waals surface area (Å²) in [4.78, 5) is 4.07. The van der Waals surface area contributed by atoms with Gasteiger partial charge in [-0.2, -0.15) is 0 Å². The number of methoxy groups -OCH3 is 1. The third kappa shape index (κ3) is 3.38. The van der Waals surface area contributed by atoms with Crippen LogP contribution in [0.5, 0.6) is 5.75 Å². The summed E-state index contributed by atoms with van der Waals surface area (Å²) in [6.45, 7) is 1.74. The zero-order valence-corrected chi connectivity index (χ0v) is 13.3. The van der Waals surface area contributed by atoms with Crippen LogP contribution in [0.2, 0.25) is 0 Å². The predicted molar refractivity (Wildman–Crippen MR) is 76.0 cm³/mol. The second-order valence-corrected chi connectivity index (χ2v) is 6.61. The minimum Gasteiger partial charge on any atom is -0.496 e. The number of ether oxygens (including phenoxy) is 1. The minimum absolute atomic E-state index is 0.000177. The molecule has 0 saturated heterocycles. The normalized spacial score (nSPS) is 11.6. The molecule has 108 valence electrons. The molecule has 2 aromatic rings. The van der Waals surface area contributed by atoms with Crippen LogP contribution in [0.3, 0.4) is 0 Å². The van der Waals surface area contributed by atoms with Crippen molar-refractivity contribution in [2.45, 2.75) is 18.4 Å². The lowest BCUT2D eigenvalue weighted by atomic mass is 10.3. The number of rotatable bonds is 5. The first-order valence-corrected chi connectivity index (χ1v) is 7.94. The molecular formula is C12H13BrN2O4S. The Balaban J connectivity index is 2.15.